The fourth-order valence-electron chi connectivity index (χ4n) is 2.30. The summed E-state index contributed by atoms with van der Waals surface area (Å²) >= 11 is 1.86. The number of halogens is 1. The molecule has 0 radical (unpaired) electrons. The summed E-state index contributed by atoms with van der Waals surface area (Å²) in [4.78, 5) is 12.1. The van der Waals surface area contributed by atoms with E-state index in [0.717, 1.165) is 12.2 Å². The molecule has 1 aromatic rings. The van der Waals surface area contributed by atoms with E-state index in [1.165, 1.54) is 18.6 Å². The summed E-state index contributed by atoms with van der Waals surface area (Å²) in [6.45, 7) is 4.30. The first-order chi connectivity index (χ1) is 8.91. The molecule has 1 unspecified atom stereocenters. The quantitative estimate of drug-likeness (QED) is 0.838. The van der Waals surface area contributed by atoms with E-state index in [4.69, 9.17) is 5.73 Å². The van der Waals surface area contributed by atoms with Crippen LogP contribution < -0.4 is 11.1 Å². The van der Waals surface area contributed by atoms with Crippen LogP contribution in [0.25, 0.3) is 0 Å². The van der Waals surface area contributed by atoms with Crippen LogP contribution in [0.4, 0.5) is 10.1 Å². The number of rotatable bonds is 3. The summed E-state index contributed by atoms with van der Waals surface area (Å²) in [5.41, 5.74) is 6.49. The van der Waals surface area contributed by atoms with Gasteiger partial charge in [0.2, 0.25) is 0 Å². The average molecular weight is 282 g/mol. The lowest BCUT2D eigenvalue weighted by Crippen LogP contribution is -2.37. The highest BCUT2D eigenvalue weighted by molar-refractivity contribution is 8.00. The van der Waals surface area contributed by atoms with Gasteiger partial charge in [-0.2, -0.15) is 11.8 Å². The Bertz CT molecular complexity index is 498. The number of nitrogens with one attached hydrogen (secondary N) is 1. The van der Waals surface area contributed by atoms with Crippen LogP contribution in [0, 0.1) is 12.7 Å². The molecular weight excluding hydrogens is 263 g/mol. The van der Waals surface area contributed by atoms with Crippen molar-refractivity contribution in [3.63, 3.8) is 0 Å². The number of benzene rings is 1. The van der Waals surface area contributed by atoms with Crippen molar-refractivity contribution in [1.82, 2.24) is 5.32 Å². The summed E-state index contributed by atoms with van der Waals surface area (Å²) in [6.07, 6.45) is 2.25. The predicted octanol–water partition coefficient (Wildman–Crippen LogP) is 2.73. The standard InChI is InChI=1S/C14H19FN2OS/c1-9-6-10(16)7-11(12(9)15)13(18)17-8-14(2)4-3-5-19-14/h6-7H,3-5,8,16H2,1-2H3,(H,17,18). The molecule has 104 valence electrons. The number of aryl methyl sites for hydroxylation is 1. The third kappa shape index (κ3) is 3.21. The number of carbonyl (C=O) groups excluding carboxylic acids is 1. The zero-order chi connectivity index (χ0) is 14.0. The van der Waals surface area contributed by atoms with Gasteiger partial charge in [0.1, 0.15) is 5.82 Å². The van der Waals surface area contributed by atoms with Crippen molar-refractivity contribution >= 4 is 23.4 Å². The summed E-state index contributed by atoms with van der Waals surface area (Å²) in [5.74, 6) is 0.246. The maximum Gasteiger partial charge on any atom is 0.254 e. The molecule has 1 atom stereocenters. The van der Waals surface area contributed by atoms with Gasteiger partial charge in [0.15, 0.2) is 0 Å². The third-order valence-electron chi connectivity index (χ3n) is 3.44. The predicted molar refractivity (Wildman–Crippen MR) is 78.0 cm³/mol. The lowest BCUT2D eigenvalue weighted by atomic mass is 10.0. The van der Waals surface area contributed by atoms with Crippen molar-refractivity contribution in [2.24, 2.45) is 0 Å². The molecule has 0 aliphatic carbocycles. The van der Waals surface area contributed by atoms with Crippen molar-refractivity contribution in [3.8, 4) is 0 Å². The average Bonchev–Trinajstić information content (AvgIpc) is 2.78. The van der Waals surface area contributed by atoms with E-state index < -0.39 is 5.82 Å². The van der Waals surface area contributed by atoms with Gasteiger partial charge in [-0.1, -0.05) is 0 Å². The second-order valence-electron chi connectivity index (χ2n) is 5.28. The summed E-state index contributed by atoms with van der Waals surface area (Å²) in [6, 6.07) is 2.92. The molecule has 1 amide bonds. The normalized spacial score (nSPS) is 22.5. The minimum absolute atomic E-state index is 0.0316. The van der Waals surface area contributed by atoms with E-state index >= 15 is 0 Å². The topological polar surface area (TPSA) is 55.1 Å². The van der Waals surface area contributed by atoms with Crippen LogP contribution in [0.5, 0.6) is 0 Å². The van der Waals surface area contributed by atoms with Crippen molar-refractivity contribution < 1.29 is 9.18 Å². The molecule has 0 bridgehead atoms. The van der Waals surface area contributed by atoms with Gasteiger partial charge in [0, 0.05) is 17.0 Å². The van der Waals surface area contributed by atoms with E-state index in [0.29, 0.717) is 17.8 Å². The smallest absolute Gasteiger partial charge is 0.254 e. The Hall–Kier alpha value is -1.23. The van der Waals surface area contributed by atoms with E-state index in [-0.39, 0.29) is 16.2 Å². The fourth-order valence-corrected chi connectivity index (χ4v) is 3.55. The Morgan fingerprint density at radius 3 is 2.95 bits per heavy atom. The molecule has 3 N–H and O–H groups in total. The second kappa shape index (κ2) is 5.41. The van der Waals surface area contributed by atoms with E-state index in [9.17, 15) is 9.18 Å². The van der Waals surface area contributed by atoms with Gasteiger partial charge in [0.05, 0.1) is 5.56 Å². The number of hydrogen-bond donors (Lipinski definition) is 2. The first-order valence-electron chi connectivity index (χ1n) is 6.39. The van der Waals surface area contributed by atoms with Crippen LogP contribution in [0.1, 0.15) is 35.7 Å². The van der Waals surface area contributed by atoms with Crippen LogP contribution in [0.3, 0.4) is 0 Å². The molecule has 1 heterocycles. The fraction of sp³-hybridized carbons (Fsp3) is 0.500. The molecule has 5 heteroatoms. The van der Waals surface area contributed by atoms with E-state index in [1.807, 2.05) is 11.8 Å². The van der Waals surface area contributed by atoms with Gasteiger partial charge in [-0.05, 0) is 50.1 Å². The number of amides is 1. The molecule has 1 aliphatic heterocycles. The van der Waals surface area contributed by atoms with E-state index in [2.05, 4.69) is 12.2 Å². The number of hydrogen-bond acceptors (Lipinski definition) is 3. The van der Waals surface area contributed by atoms with Gasteiger partial charge in [-0.3, -0.25) is 4.79 Å². The molecule has 0 aromatic heterocycles. The van der Waals surface area contributed by atoms with Gasteiger partial charge >= 0.3 is 0 Å². The number of thioether (sulfide) groups is 1. The molecule has 19 heavy (non-hydrogen) atoms. The Morgan fingerprint density at radius 1 is 1.58 bits per heavy atom. The van der Waals surface area contributed by atoms with Crippen LogP contribution in [0.15, 0.2) is 12.1 Å². The highest BCUT2D eigenvalue weighted by Crippen LogP contribution is 2.37. The highest BCUT2D eigenvalue weighted by atomic mass is 32.2. The van der Waals surface area contributed by atoms with Crippen LogP contribution in [-0.2, 0) is 0 Å². The van der Waals surface area contributed by atoms with E-state index in [1.54, 1.807) is 6.92 Å². The number of nitrogens with two attached hydrogens (primary N) is 1. The minimum Gasteiger partial charge on any atom is -0.399 e. The molecule has 2 rings (SSSR count). The Labute approximate surface area is 117 Å². The first kappa shape index (κ1) is 14.2. The molecule has 1 aromatic carbocycles. The lowest BCUT2D eigenvalue weighted by Gasteiger charge is -2.23. The molecule has 1 fully saturated rings. The molecule has 0 spiro atoms. The molecule has 0 saturated carbocycles. The third-order valence-corrected chi connectivity index (χ3v) is 4.98. The zero-order valence-corrected chi connectivity index (χ0v) is 12.1. The second-order valence-corrected chi connectivity index (χ2v) is 6.97. The maximum atomic E-state index is 13.9. The largest absolute Gasteiger partial charge is 0.399 e. The van der Waals surface area contributed by atoms with Gasteiger partial charge in [0.25, 0.3) is 5.91 Å². The SMILES string of the molecule is Cc1cc(N)cc(C(=O)NCC2(C)CCCS2)c1F. The monoisotopic (exact) mass is 282 g/mol. The van der Waals surface area contributed by atoms with Gasteiger partial charge in [-0.25, -0.2) is 4.39 Å². The Balaban J connectivity index is 2.08. The number of anilines is 1. The summed E-state index contributed by atoms with van der Waals surface area (Å²) < 4.78 is 14.0. The van der Waals surface area contributed by atoms with Crippen LogP contribution >= 0.6 is 11.8 Å². The van der Waals surface area contributed by atoms with Crippen molar-refractivity contribution in [1.29, 1.82) is 0 Å². The Morgan fingerprint density at radius 2 is 2.32 bits per heavy atom. The first-order valence-corrected chi connectivity index (χ1v) is 7.38. The summed E-state index contributed by atoms with van der Waals surface area (Å²) in [7, 11) is 0. The molecule has 1 aliphatic rings. The molecule has 3 nitrogen and oxygen atoms in total. The van der Waals surface area contributed by atoms with Crippen LogP contribution in [-0.4, -0.2) is 23.0 Å². The number of carbonyl (C=O) groups is 1. The number of nitrogen functional groups attached to an aromatic ring is 1. The van der Waals surface area contributed by atoms with Crippen molar-refractivity contribution in [2.45, 2.75) is 31.4 Å². The lowest BCUT2D eigenvalue weighted by molar-refractivity contribution is 0.0946. The minimum atomic E-state index is -0.490. The molecular formula is C14H19FN2OS. The highest BCUT2D eigenvalue weighted by Gasteiger charge is 2.30. The maximum absolute atomic E-state index is 13.9. The summed E-state index contributed by atoms with van der Waals surface area (Å²) in [5, 5.41) is 2.82. The van der Waals surface area contributed by atoms with Crippen molar-refractivity contribution in [3.05, 3.63) is 29.1 Å². The van der Waals surface area contributed by atoms with Gasteiger partial charge < -0.3 is 11.1 Å². The zero-order valence-electron chi connectivity index (χ0n) is 11.3. The van der Waals surface area contributed by atoms with Crippen LogP contribution in [0.2, 0.25) is 0 Å². The Kier molecular flexibility index (Phi) is 4.04. The van der Waals surface area contributed by atoms with Crippen molar-refractivity contribution in [2.75, 3.05) is 18.0 Å². The van der Waals surface area contributed by atoms with Gasteiger partial charge in [-0.15, -0.1) is 0 Å². The molecule has 1 saturated heterocycles.